The first kappa shape index (κ1) is 18.1. The topological polar surface area (TPSA) is 72.9 Å². The number of imidazole rings is 1. The highest BCUT2D eigenvalue weighted by Crippen LogP contribution is 2.34. The predicted molar refractivity (Wildman–Crippen MR) is 114 cm³/mol. The van der Waals surface area contributed by atoms with Gasteiger partial charge in [0.15, 0.2) is 0 Å². The van der Waals surface area contributed by atoms with Gasteiger partial charge in [-0.2, -0.15) is 0 Å². The molecule has 1 aliphatic rings. The summed E-state index contributed by atoms with van der Waals surface area (Å²) in [5.41, 5.74) is 5.71. The first-order valence-corrected chi connectivity index (χ1v) is 10.1. The Morgan fingerprint density at radius 2 is 1.76 bits per heavy atom. The van der Waals surface area contributed by atoms with E-state index in [-0.39, 0.29) is 17.8 Å². The van der Waals surface area contributed by atoms with Gasteiger partial charge in [-0.15, -0.1) is 0 Å². The summed E-state index contributed by atoms with van der Waals surface area (Å²) in [6.45, 7) is 1.97. The first-order chi connectivity index (χ1) is 14.0. The van der Waals surface area contributed by atoms with E-state index in [9.17, 15) is 9.90 Å². The first-order valence-electron chi connectivity index (χ1n) is 10.1. The molecule has 1 aliphatic carbocycles. The zero-order valence-electron chi connectivity index (χ0n) is 16.7. The van der Waals surface area contributed by atoms with Crippen molar-refractivity contribution in [1.82, 2.24) is 19.1 Å². The highest BCUT2D eigenvalue weighted by atomic mass is 16.3. The zero-order chi connectivity index (χ0) is 20.1. The summed E-state index contributed by atoms with van der Waals surface area (Å²) in [6, 6.07) is 10.4. The van der Waals surface area contributed by atoms with Crippen molar-refractivity contribution in [3.8, 4) is 11.1 Å². The minimum absolute atomic E-state index is 0.0157. The summed E-state index contributed by atoms with van der Waals surface area (Å²) in [4.78, 5) is 22.1. The number of pyridine rings is 2. The fraction of sp³-hybridized carbons (Fsp3) is 0.348. The number of aromatic nitrogens is 4. The van der Waals surface area contributed by atoms with Crippen molar-refractivity contribution in [3.05, 3.63) is 58.9 Å². The van der Waals surface area contributed by atoms with E-state index in [4.69, 9.17) is 0 Å². The summed E-state index contributed by atoms with van der Waals surface area (Å²) in [7, 11) is 1.81. The van der Waals surface area contributed by atoms with Crippen LogP contribution in [0.1, 0.15) is 37.4 Å². The van der Waals surface area contributed by atoms with Crippen LogP contribution < -0.4 is 5.69 Å². The summed E-state index contributed by atoms with van der Waals surface area (Å²) < 4.78 is 3.62. The Balaban J connectivity index is 1.76. The van der Waals surface area contributed by atoms with Crippen LogP contribution in [0, 0.1) is 6.92 Å². The number of rotatable bonds is 2. The molecule has 6 heteroatoms. The molecule has 1 saturated carbocycles. The monoisotopic (exact) mass is 388 g/mol. The summed E-state index contributed by atoms with van der Waals surface area (Å²) in [5, 5.41) is 10.9. The third-order valence-corrected chi connectivity index (χ3v) is 6.19. The van der Waals surface area contributed by atoms with Gasteiger partial charge < -0.3 is 5.11 Å². The van der Waals surface area contributed by atoms with E-state index in [1.54, 1.807) is 17.8 Å². The molecule has 0 amide bonds. The van der Waals surface area contributed by atoms with E-state index < -0.39 is 0 Å². The van der Waals surface area contributed by atoms with Crippen LogP contribution >= 0.6 is 0 Å². The maximum absolute atomic E-state index is 13.1. The number of nitrogens with zero attached hydrogens (tertiary/aromatic N) is 4. The number of aryl methyl sites for hydroxylation is 2. The van der Waals surface area contributed by atoms with Gasteiger partial charge in [0.25, 0.3) is 0 Å². The smallest absolute Gasteiger partial charge is 0.329 e. The van der Waals surface area contributed by atoms with Crippen molar-refractivity contribution in [3.63, 3.8) is 0 Å². The van der Waals surface area contributed by atoms with Crippen molar-refractivity contribution in [2.24, 2.45) is 7.05 Å². The van der Waals surface area contributed by atoms with Crippen molar-refractivity contribution >= 4 is 21.9 Å². The average molecular weight is 388 g/mol. The maximum atomic E-state index is 13.1. The quantitative estimate of drug-likeness (QED) is 0.568. The van der Waals surface area contributed by atoms with Crippen LogP contribution in [0.25, 0.3) is 33.1 Å². The number of fused-ring (bicyclic) bond motifs is 3. The summed E-state index contributed by atoms with van der Waals surface area (Å²) in [6.07, 6.45) is 6.51. The second-order valence-corrected chi connectivity index (χ2v) is 8.09. The van der Waals surface area contributed by atoms with Gasteiger partial charge in [0.05, 0.1) is 28.9 Å². The van der Waals surface area contributed by atoms with Gasteiger partial charge in [-0.25, -0.2) is 4.79 Å². The van der Waals surface area contributed by atoms with Crippen molar-refractivity contribution in [1.29, 1.82) is 0 Å². The van der Waals surface area contributed by atoms with Crippen LogP contribution in [0.3, 0.4) is 0 Å². The number of aliphatic hydroxyl groups is 1. The molecule has 148 valence electrons. The number of benzene rings is 1. The van der Waals surface area contributed by atoms with Crippen LogP contribution in [0.2, 0.25) is 0 Å². The largest absolute Gasteiger partial charge is 0.393 e. The minimum Gasteiger partial charge on any atom is -0.393 e. The fourth-order valence-corrected chi connectivity index (χ4v) is 4.50. The average Bonchev–Trinajstić information content (AvgIpc) is 3.00. The van der Waals surface area contributed by atoms with Gasteiger partial charge in [0, 0.05) is 35.9 Å². The van der Waals surface area contributed by atoms with Gasteiger partial charge in [-0.1, -0.05) is 12.1 Å². The number of aliphatic hydroxyl groups excluding tert-OH is 1. The van der Waals surface area contributed by atoms with Crippen molar-refractivity contribution < 1.29 is 5.11 Å². The molecule has 1 N–H and O–H groups in total. The predicted octanol–water partition coefficient (Wildman–Crippen LogP) is 3.73. The standard InChI is InChI=1S/C23H24N4O2/c1-14-3-4-16(12-24-14)15-5-10-20-19(11-15)22-21(13-25-20)26(2)23(29)27(22)17-6-8-18(28)9-7-17/h3-5,10-13,17-18,28H,6-9H2,1-2H3. The fourth-order valence-electron chi connectivity index (χ4n) is 4.50. The van der Waals surface area contributed by atoms with E-state index >= 15 is 0 Å². The van der Waals surface area contributed by atoms with Crippen LogP contribution in [0.4, 0.5) is 0 Å². The number of hydrogen-bond donors (Lipinski definition) is 1. The minimum atomic E-state index is -0.254. The van der Waals surface area contributed by atoms with E-state index in [1.165, 1.54) is 0 Å². The molecule has 29 heavy (non-hydrogen) atoms. The van der Waals surface area contributed by atoms with Gasteiger partial charge in [-0.05, 0) is 56.4 Å². The normalized spacial score (nSPS) is 19.8. The molecule has 3 heterocycles. The van der Waals surface area contributed by atoms with Gasteiger partial charge in [0.1, 0.15) is 0 Å². The lowest BCUT2D eigenvalue weighted by atomic mass is 9.92. The Bertz CT molecular complexity index is 1260. The Morgan fingerprint density at radius 1 is 1.00 bits per heavy atom. The molecule has 5 rings (SSSR count). The lowest BCUT2D eigenvalue weighted by molar-refractivity contribution is 0.111. The molecule has 6 nitrogen and oxygen atoms in total. The second-order valence-electron chi connectivity index (χ2n) is 8.09. The molecule has 0 spiro atoms. The van der Waals surface area contributed by atoms with Crippen molar-refractivity contribution in [2.75, 3.05) is 0 Å². The van der Waals surface area contributed by atoms with E-state index in [0.717, 1.165) is 64.4 Å². The summed E-state index contributed by atoms with van der Waals surface area (Å²) >= 11 is 0. The Hall–Kier alpha value is -2.99. The molecule has 3 aromatic heterocycles. The molecule has 0 unspecified atom stereocenters. The van der Waals surface area contributed by atoms with Gasteiger partial charge >= 0.3 is 5.69 Å². The zero-order valence-corrected chi connectivity index (χ0v) is 16.7. The molecular weight excluding hydrogens is 364 g/mol. The molecule has 0 saturated heterocycles. The Morgan fingerprint density at radius 3 is 2.48 bits per heavy atom. The van der Waals surface area contributed by atoms with E-state index in [2.05, 4.69) is 28.2 Å². The molecular formula is C23H24N4O2. The highest BCUT2D eigenvalue weighted by Gasteiger charge is 2.26. The van der Waals surface area contributed by atoms with E-state index in [0.29, 0.717) is 0 Å². The Kier molecular flexibility index (Phi) is 4.24. The van der Waals surface area contributed by atoms with Crippen LogP contribution in [0.15, 0.2) is 47.5 Å². The lowest BCUT2D eigenvalue weighted by Crippen LogP contribution is -2.29. The molecule has 0 atom stereocenters. The molecule has 1 fully saturated rings. The van der Waals surface area contributed by atoms with Crippen LogP contribution in [-0.4, -0.2) is 30.3 Å². The second kappa shape index (κ2) is 6.81. The molecule has 0 aliphatic heterocycles. The van der Waals surface area contributed by atoms with E-state index in [1.807, 2.05) is 29.8 Å². The Labute approximate surface area is 168 Å². The van der Waals surface area contributed by atoms with Gasteiger partial charge in [-0.3, -0.25) is 19.1 Å². The van der Waals surface area contributed by atoms with Crippen molar-refractivity contribution in [2.45, 2.75) is 44.8 Å². The number of hydrogen-bond acceptors (Lipinski definition) is 4. The summed E-state index contributed by atoms with van der Waals surface area (Å²) in [5.74, 6) is 0. The molecule has 0 radical (unpaired) electrons. The van der Waals surface area contributed by atoms with Gasteiger partial charge in [0.2, 0.25) is 0 Å². The maximum Gasteiger partial charge on any atom is 0.329 e. The third kappa shape index (κ3) is 2.95. The SMILES string of the molecule is Cc1ccc(-c2ccc3ncc4c(c3c2)n(C2CCC(O)CC2)c(=O)n4C)cn1. The molecule has 0 bridgehead atoms. The lowest BCUT2D eigenvalue weighted by Gasteiger charge is -2.26. The highest BCUT2D eigenvalue weighted by molar-refractivity contribution is 6.04. The molecule has 4 aromatic rings. The van der Waals surface area contributed by atoms with Crippen LogP contribution in [-0.2, 0) is 7.05 Å². The van der Waals surface area contributed by atoms with Crippen LogP contribution in [0.5, 0.6) is 0 Å². The third-order valence-electron chi connectivity index (χ3n) is 6.19. The molecule has 1 aromatic carbocycles.